The van der Waals surface area contributed by atoms with E-state index in [1.165, 1.54) is 11.3 Å². The van der Waals surface area contributed by atoms with E-state index >= 15 is 0 Å². The lowest BCUT2D eigenvalue weighted by atomic mass is 10.0. The minimum absolute atomic E-state index is 0.376. The van der Waals surface area contributed by atoms with Crippen molar-refractivity contribution >= 4 is 5.69 Å². The molecule has 1 aromatic rings. The predicted molar refractivity (Wildman–Crippen MR) is 76.2 cm³/mol. The van der Waals surface area contributed by atoms with Crippen LogP contribution in [-0.4, -0.2) is 32.8 Å². The van der Waals surface area contributed by atoms with Crippen LogP contribution in [0.4, 0.5) is 5.69 Å². The average molecular weight is 248 g/mol. The molecule has 1 fully saturated rings. The minimum Gasteiger partial charge on any atom is -0.377 e. The number of anilines is 1. The molecular formula is C15H24N2O. The first-order valence-corrected chi connectivity index (χ1v) is 6.88. The Hall–Kier alpha value is -1.06. The number of hydrogen-bond donors (Lipinski definition) is 1. The molecule has 2 atom stereocenters. The molecule has 3 heteroatoms. The van der Waals surface area contributed by atoms with Crippen LogP contribution in [0.15, 0.2) is 24.3 Å². The zero-order valence-corrected chi connectivity index (χ0v) is 11.6. The highest BCUT2D eigenvalue weighted by Gasteiger charge is 2.24. The van der Waals surface area contributed by atoms with Crippen molar-refractivity contribution in [2.75, 3.05) is 31.7 Å². The molecule has 1 N–H and O–H groups in total. The maximum atomic E-state index is 5.59. The molecule has 1 aliphatic rings. The van der Waals surface area contributed by atoms with E-state index in [1.807, 2.05) is 7.05 Å². The Morgan fingerprint density at radius 3 is 2.94 bits per heavy atom. The van der Waals surface area contributed by atoms with Crippen molar-refractivity contribution in [2.45, 2.75) is 32.4 Å². The van der Waals surface area contributed by atoms with E-state index in [9.17, 15) is 0 Å². The largest absolute Gasteiger partial charge is 0.377 e. The summed E-state index contributed by atoms with van der Waals surface area (Å²) < 4.78 is 5.59. The number of morpholine rings is 1. The Kier molecular flexibility index (Phi) is 4.61. The topological polar surface area (TPSA) is 24.5 Å². The Morgan fingerprint density at radius 2 is 2.22 bits per heavy atom. The van der Waals surface area contributed by atoms with Crippen molar-refractivity contribution in [1.82, 2.24) is 5.32 Å². The van der Waals surface area contributed by atoms with E-state index in [0.29, 0.717) is 12.1 Å². The van der Waals surface area contributed by atoms with Crippen LogP contribution in [0, 0.1) is 0 Å². The maximum absolute atomic E-state index is 5.59. The molecule has 0 aromatic heterocycles. The first kappa shape index (κ1) is 13.4. The summed E-state index contributed by atoms with van der Waals surface area (Å²) in [6, 6.07) is 9.58. The number of nitrogens with zero attached hydrogens (tertiary/aromatic N) is 1. The summed E-state index contributed by atoms with van der Waals surface area (Å²) in [6.07, 6.45) is 1.13. The SMILES string of the molecule is CCC1COCCN1c1ccccc1C(C)NC. The number of ether oxygens (including phenoxy) is 1. The highest BCUT2D eigenvalue weighted by molar-refractivity contribution is 5.56. The fraction of sp³-hybridized carbons (Fsp3) is 0.600. The molecule has 0 saturated carbocycles. The molecule has 0 amide bonds. The summed E-state index contributed by atoms with van der Waals surface area (Å²) in [7, 11) is 2.01. The molecule has 18 heavy (non-hydrogen) atoms. The van der Waals surface area contributed by atoms with E-state index < -0.39 is 0 Å². The molecule has 1 saturated heterocycles. The van der Waals surface area contributed by atoms with E-state index in [1.54, 1.807) is 0 Å². The summed E-state index contributed by atoms with van der Waals surface area (Å²) in [5.74, 6) is 0. The molecule has 0 aliphatic carbocycles. The van der Waals surface area contributed by atoms with Crippen molar-refractivity contribution in [2.24, 2.45) is 0 Å². The molecule has 2 rings (SSSR count). The van der Waals surface area contributed by atoms with Crippen molar-refractivity contribution in [3.8, 4) is 0 Å². The van der Waals surface area contributed by atoms with Gasteiger partial charge in [-0.15, -0.1) is 0 Å². The molecule has 0 bridgehead atoms. The second kappa shape index (κ2) is 6.21. The van der Waals surface area contributed by atoms with Gasteiger partial charge in [0, 0.05) is 18.3 Å². The molecule has 0 radical (unpaired) electrons. The van der Waals surface area contributed by atoms with E-state index in [-0.39, 0.29) is 0 Å². The highest BCUT2D eigenvalue weighted by atomic mass is 16.5. The molecular weight excluding hydrogens is 224 g/mol. The van der Waals surface area contributed by atoms with Crippen molar-refractivity contribution in [3.63, 3.8) is 0 Å². The van der Waals surface area contributed by atoms with Crippen LogP contribution in [0.5, 0.6) is 0 Å². The highest BCUT2D eigenvalue weighted by Crippen LogP contribution is 2.29. The molecule has 100 valence electrons. The van der Waals surface area contributed by atoms with Gasteiger partial charge in [0.05, 0.1) is 19.3 Å². The second-order valence-electron chi connectivity index (χ2n) is 4.90. The van der Waals surface area contributed by atoms with E-state index in [2.05, 4.69) is 48.3 Å². The molecule has 1 aromatic carbocycles. The van der Waals surface area contributed by atoms with Gasteiger partial charge < -0.3 is 15.0 Å². The molecule has 0 spiro atoms. The van der Waals surface area contributed by atoms with Crippen LogP contribution in [0.2, 0.25) is 0 Å². The van der Waals surface area contributed by atoms with Gasteiger partial charge in [-0.25, -0.2) is 0 Å². The first-order valence-electron chi connectivity index (χ1n) is 6.88. The Morgan fingerprint density at radius 1 is 1.44 bits per heavy atom. The zero-order valence-electron chi connectivity index (χ0n) is 11.6. The lowest BCUT2D eigenvalue weighted by molar-refractivity contribution is 0.0928. The van der Waals surface area contributed by atoms with Crippen LogP contribution in [0.1, 0.15) is 31.9 Å². The first-order chi connectivity index (χ1) is 8.77. The van der Waals surface area contributed by atoms with Crippen molar-refractivity contribution in [3.05, 3.63) is 29.8 Å². The maximum Gasteiger partial charge on any atom is 0.0670 e. The van der Waals surface area contributed by atoms with Crippen LogP contribution < -0.4 is 10.2 Å². The summed E-state index contributed by atoms with van der Waals surface area (Å²) in [6.45, 7) is 7.11. The number of hydrogen-bond acceptors (Lipinski definition) is 3. The predicted octanol–water partition coefficient (Wildman–Crippen LogP) is 2.58. The van der Waals surface area contributed by atoms with Gasteiger partial charge >= 0.3 is 0 Å². The van der Waals surface area contributed by atoms with Crippen LogP contribution in [-0.2, 0) is 4.74 Å². The standard InChI is InChI=1S/C15H24N2O/c1-4-13-11-18-10-9-17(13)15-8-6-5-7-14(15)12(2)16-3/h5-8,12-13,16H,4,9-11H2,1-3H3. The Balaban J connectivity index is 2.30. The average Bonchev–Trinajstić information content (AvgIpc) is 2.46. The van der Waals surface area contributed by atoms with Crippen LogP contribution in [0.25, 0.3) is 0 Å². The minimum atomic E-state index is 0.376. The zero-order chi connectivity index (χ0) is 13.0. The summed E-state index contributed by atoms with van der Waals surface area (Å²) in [5, 5.41) is 3.34. The third-order valence-corrected chi connectivity index (χ3v) is 3.84. The van der Waals surface area contributed by atoms with Crippen molar-refractivity contribution < 1.29 is 4.74 Å². The Bertz CT molecular complexity index is 381. The number of benzene rings is 1. The van der Waals surface area contributed by atoms with Gasteiger partial charge in [0.15, 0.2) is 0 Å². The summed E-state index contributed by atoms with van der Waals surface area (Å²) >= 11 is 0. The van der Waals surface area contributed by atoms with E-state index in [0.717, 1.165) is 26.2 Å². The van der Waals surface area contributed by atoms with E-state index in [4.69, 9.17) is 4.74 Å². The van der Waals surface area contributed by atoms with Gasteiger partial charge in [0.25, 0.3) is 0 Å². The lowest BCUT2D eigenvalue weighted by Crippen LogP contribution is -2.45. The molecule has 3 nitrogen and oxygen atoms in total. The molecule has 2 unspecified atom stereocenters. The lowest BCUT2D eigenvalue weighted by Gasteiger charge is -2.38. The smallest absolute Gasteiger partial charge is 0.0670 e. The number of para-hydroxylation sites is 1. The summed E-state index contributed by atoms with van der Waals surface area (Å²) in [4.78, 5) is 2.51. The van der Waals surface area contributed by atoms with Crippen LogP contribution in [0.3, 0.4) is 0 Å². The van der Waals surface area contributed by atoms with Gasteiger partial charge in [-0.3, -0.25) is 0 Å². The second-order valence-corrected chi connectivity index (χ2v) is 4.90. The van der Waals surface area contributed by atoms with Gasteiger partial charge in [-0.2, -0.15) is 0 Å². The summed E-state index contributed by atoms with van der Waals surface area (Å²) in [5.41, 5.74) is 2.73. The number of nitrogens with one attached hydrogen (secondary N) is 1. The van der Waals surface area contributed by atoms with Gasteiger partial charge in [0.2, 0.25) is 0 Å². The van der Waals surface area contributed by atoms with Gasteiger partial charge in [-0.05, 0) is 32.0 Å². The van der Waals surface area contributed by atoms with Crippen molar-refractivity contribution in [1.29, 1.82) is 0 Å². The molecule has 1 aliphatic heterocycles. The fourth-order valence-electron chi connectivity index (χ4n) is 2.58. The normalized spacial score (nSPS) is 21.9. The molecule has 1 heterocycles. The third kappa shape index (κ3) is 2.68. The third-order valence-electron chi connectivity index (χ3n) is 3.84. The number of rotatable bonds is 4. The van der Waals surface area contributed by atoms with Gasteiger partial charge in [-0.1, -0.05) is 25.1 Å². The Labute approximate surface area is 110 Å². The fourth-order valence-corrected chi connectivity index (χ4v) is 2.58. The van der Waals surface area contributed by atoms with Gasteiger partial charge in [0.1, 0.15) is 0 Å². The quantitative estimate of drug-likeness (QED) is 0.886. The monoisotopic (exact) mass is 248 g/mol. The van der Waals surface area contributed by atoms with Crippen LogP contribution >= 0.6 is 0 Å².